The molecular weight excluding hydrogens is 470 g/mol. The molecule has 0 amide bonds. The van der Waals surface area contributed by atoms with Gasteiger partial charge in [0.1, 0.15) is 6.29 Å². The van der Waals surface area contributed by atoms with Gasteiger partial charge in [0.25, 0.3) is 0 Å². The van der Waals surface area contributed by atoms with Crippen molar-refractivity contribution in [2.75, 3.05) is 61.8 Å². The number of anilines is 3. The number of piperidine rings is 1. The lowest BCUT2D eigenvalue weighted by molar-refractivity contribution is -0.107. The van der Waals surface area contributed by atoms with Crippen molar-refractivity contribution in [3.05, 3.63) is 66.4 Å². The third kappa shape index (κ3) is 6.90. The summed E-state index contributed by atoms with van der Waals surface area (Å²) >= 11 is 0. The predicted octanol–water partition coefficient (Wildman–Crippen LogP) is 5.26. The molecule has 6 nitrogen and oxygen atoms in total. The zero-order chi connectivity index (χ0) is 27.1. The standard InChI is InChI=1S/C32H47N5O/c1-4-26(15-18-35(3)29-13-9-28(34)10-14-29)22-36-23-32(24-36)16-19-37(20-17-32)30-11-7-27(8-12-30)31(25(2)33)6-5-21-38/h7-14,21,26,31H,2,4-6,15-20,22-24,33-34H2,1,3H3. The summed E-state index contributed by atoms with van der Waals surface area (Å²) in [6.45, 7) is 13.3. The Labute approximate surface area is 229 Å². The van der Waals surface area contributed by atoms with Crippen molar-refractivity contribution in [3.8, 4) is 0 Å². The number of rotatable bonds is 13. The fourth-order valence-electron chi connectivity index (χ4n) is 6.33. The van der Waals surface area contributed by atoms with Crippen LogP contribution in [0.5, 0.6) is 0 Å². The fraction of sp³-hybridized carbons (Fsp3) is 0.531. The zero-order valence-corrected chi connectivity index (χ0v) is 23.4. The van der Waals surface area contributed by atoms with E-state index in [1.165, 1.54) is 56.7 Å². The van der Waals surface area contributed by atoms with Crippen LogP contribution >= 0.6 is 0 Å². The number of benzene rings is 2. The maximum absolute atomic E-state index is 10.8. The third-order valence-electron chi connectivity index (χ3n) is 8.92. The number of hydrogen-bond acceptors (Lipinski definition) is 6. The molecule has 2 aromatic rings. The molecule has 1 spiro atoms. The lowest BCUT2D eigenvalue weighted by atomic mass is 9.71. The molecule has 4 rings (SSSR count). The molecule has 6 heteroatoms. The highest BCUT2D eigenvalue weighted by Gasteiger charge is 2.44. The number of likely N-dealkylation sites (tertiary alicyclic amines) is 1. The first-order valence-electron chi connectivity index (χ1n) is 14.3. The molecule has 0 aromatic heterocycles. The van der Waals surface area contributed by atoms with Crippen molar-refractivity contribution in [2.45, 2.75) is 51.4 Å². The predicted molar refractivity (Wildman–Crippen MR) is 161 cm³/mol. The van der Waals surface area contributed by atoms with Crippen LogP contribution in [0.4, 0.5) is 17.1 Å². The van der Waals surface area contributed by atoms with Crippen LogP contribution in [0.25, 0.3) is 0 Å². The maximum atomic E-state index is 10.8. The van der Waals surface area contributed by atoms with E-state index in [9.17, 15) is 4.79 Å². The summed E-state index contributed by atoms with van der Waals surface area (Å²) in [4.78, 5) is 18.4. The lowest BCUT2D eigenvalue weighted by Gasteiger charge is -2.55. The molecular formula is C32H47N5O. The number of nitrogens with two attached hydrogens (primary N) is 2. The second-order valence-corrected chi connectivity index (χ2v) is 11.7. The van der Waals surface area contributed by atoms with Gasteiger partial charge in [0.05, 0.1) is 0 Å². The molecule has 38 heavy (non-hydrogen) atoms. The van der Waals surface area contributed by atoms with Gasteiger partial charge in [-0.1, -0.05) is 32.1 Å². The van der Waals surface area contributed by atoms with E-state index in [0.717, 1.165) is 49.5 Å². The first-order chi connectivity index (χ1) is 18.3. The summed E-state index contributed by atoms with van der Waals surface area (Å²) in [7, 11) is 2.18. The minimum Gasteiger partial charge on any atom is -0.402 e. The van der Waals surface area contributed by atoms with Crippen molar-refractivity contribution in [1.29, 1.82) is 0 Å². The Hall–Kier alpha value is -2.99. The van der Waals surface area contributed by atoms with Gasteiger partial charge in [-0.2, -0.15) is 0 Å². The average molecular weight is 518 g/mol. The van der Waals surface area contributed by atoms with E-state index in [-0.39, 0.29) is 5.92 Å². The van der Waals surface area contributed by atoms with Gasteiger partial charge in [0.2, 0.25) is 0 Å². The molecule has 2 aliphatic heterocycles. The van der Waals surface area contributed by atoms with Crippen LogP contribution in [0.1, 0.15) is 56.9 Å². The topological polar surface area (TPSA) is 78.8 Å². The summed E-state index contributed by atoms with van der Waals surface area (Å²) in [5.41, 5.74) is 17.5. The van der Waals surface area contributed by atoms with Gasteiger partial charge in [-0.05, 0) is 79.0 Å². The maximum Gasteiger partial charge on any atom is 0.120 e. The highest BCUT2D eigenvalue weighted by atomic mass is 16.1. The van der Waals surface area contributed by atoms with E-state index >= 15 is 0 Å². The molecule has 4 N–H and O–H groups in total. The molecule has 2 aliphatic rings. The van der Waals surface area contributed by atoms with E-state index in [1.54, 1.807) is 0 Å². The smallest absolute Gasteiger partial charge is 0.120 e. The Morgan fingerprint density at radius 1 is 1.08 bits per heavy atom. The van der Waals surface area contributed by atoms with Gasteiger partial charge in [0, 0.05) is 81.4 Å². The van der Waals surface area contributed by atoms with Crippen molar-refractivity contribution in [3.63, 3.8) is 0 Å². The third-order valence-corrected chi connectivity index (χ3v) is 8.92. The minimum atomic E-state index is 0.0462. The van der Waals surface area contributed by atoms with E-state index in [0.29, 0.717) is 17.5 Å². The lowest BCUT2D eigenvalue weighted by Crippen LogP contribution is -2.61. The normalized spacial score (nSPS) is 18.5. The highest BCUT2D eigenvalue weighted by molar-refractivity contribution is 5.53. The molecule has 2 heterocycles. The molecule has 2 fully saturated rings. The number of carbonyl (C=O) groups excluding carboxylic acids is 1. The zero-order valence-electron chi connectivity index (χ0n) is 23.4. The molecule has 0 radical (unpaired) electrons. The monoisotopic (exact) mass is 517 g/mol. The van der Waals surface area contributed by atoms with E-state index < -0.39 is 0 Å². The molecule has 0 bridgehead atoms. The molecule has 2 unspecified atom stereocenters. The van der Waals surface area contributed by atoms with Crippen molar-refractivity contribution in [2.24, 2.45) is 17.1 Å². The highest BCUT2D eigenvalue weighted by Crippen LogP contribution is 2.42. The first-order valence-corrected chi connectivity index (χ1v) is 14.3. The molecule has 2 saturated heterocycles. The number of allylic oxidation sites excluding steroid dienone is 1. The Morgan fingerprint density at radius 3 is 2.32 bits per heavy atom. The van der Waals surface area contributed by atoms with Gasteiger partial charge < -0.3 is 31.0 Å². The van der Waals surface area contributed by atoms with E-state index in [1.807, 2.05) is 12.1 Å². The van der Waals surface area contributed by atoms with Crippen LogP contribution < -0.4 is 21.3 Å². The summed E-state index contributed by atoms with van der Waals surface area (Å²) in [5.74, 6) is 0.784. The van der Waals surface area contributed by atoms with E-state index in [2.05, 4.69) is 71.6 Å². The largest absolute Gasteiger partial charge is 0.402 e. The number of hydrogen-bond donors (Lipinski definition) is 2. The number of carbonyl (C=O) groups is 1. The quantitative estimate of drug-likeness (QED) is 0.279. The molecule has 206 valence electrons. The Bertz CT molecular complexity index is 1030. The van der Waals surface area contributed by atoms with Crippen LogP contribution in [0.3, 0.4) is 0 Å². The molecule has 0 aliphatic carbocycles. The van der Waals surface area contributed by atoms with Crippen molar-refractivity contribution >= 4 is 23.3 Å². The number of nitrogens with zero attached hydrogens (tertiary/aromatic N) is 3. The van der Waals surface area contributed by atoms with Crippen LogP contribution in [0.2, 0.25) is 0 Å². The molecule has 2 atom stereocenters. The summed E-state index contributed by atoms with van der Waals surface area (Å²) in [6.07, 6.45) is 7.17. The van der Waals surface area contributed by atoms with Crippen molar-refractivity contribution in [1.82, 2.24) is 4.90 Å². The molecule has 0 saturated carbocycles. The second kappa shape index (κ2) is 12.7. The van der Waals surface area contributed by atoms with Crippen LogP contribution in [-0.4, -0.2) is 57.5 Å². The number of aldehydes is 1. The van der Waals surface area contributed by atoms with E-state index in [4.69, 9.17) is 11.5 Å². The number of nitrogen functional groups attached to an aromatic ring is 1. The Balaban J connectivity index is 1.21. The summed E-state index contributed by atoms with van der Waals surface area (Å²) in [5, 5.41) is 0. The Morgan fingerprint density at radius 2 is 1.74 bits per heavy atom. The van der Waals surface area contributed by atoms with Crippen LogP contribution in [0, 0.1) is 11.3 Å². The van der Waals surface area contributed by atoms with Gasteiger partial charge in [-0.25, -0.2) is 0 Å². The van der Waals surface area contributed by atoms with Crippen LogP contribution in [-0.2, 0) is 4.79 Å². The first kappa shape index (κ1) is 28.0. The summed E-state index contributed by atoms with van der Waals surface area (Å²) < 4.78 is 0. The Kier molecular flexibility index (Phi) is 9.37. The van der Waals surface area contributed by atoms with Crippen LogP contribution in [0.15, 0.2) is 60.8 Å². The van der Waals surface area contributed by atoms with Gasteiger partial charge >= 0.3 is 0 Å². The summed E-state index contributed by atoms with van der Waals surface area (Å²) in [6, 6.07) is 16.9. The second-order valence-electron chi connectivity index (χ2n) is 11.7. The average Bonchev–Trinajstić information content (AvgIpc) is 2.91. The van der Waals surface area contributed by atoms with Gasteiger partial charge in [-0.15, -0.1) is 0 Å². The molecule has 2 aromatic carbocycles. The van der Waals surface area contributed by atoms with Crippen molar-refractivity contribution < 1.29 is 4.79 Å². The minimum absolute atomic E-state index is 0.0462. The SMILES string of the molecule is C=C(N)C(CCC=O)c1ccc(N2CCC3(CC2)CN(CC(CC)CCN(C)c2ccc(N)cc2)C3)cc1. The van der Waals surface area contributed by atoms with Gasteiger partial charge in [0.15, 0.2) is 0 Å². The fourth-order valence-corrected chi connectivity index (χ4v) is 6.33. The van der Waals surface area contributed by atoms with Gasteiger partial charge in [-0.3, -0.25) is 0 Å².